The van der Waals surface area contributed by atoms with Gasteiger partial charge in [0.1, 0.15) is 5.82 Å². The first-order valence-electron chi connectivity index (χ1n) is 8.05. The molecular weight excluding hydrogens is 321 g/mol. The Labute approximate surface area is 147 Å². The third kappa shape index (κ3) is 4.44. The van der Waals surface area contributed by atoms with E-state index in [1.807, 2.05) is 32.9 Å². The average Bonchev–Trinajstić information content (AvgIpc) is 2.53. The van der Waals surface area contributed by atoms with Crippen molar-refractivity contribution in [2.24, 2.45) is 0 Å². The Morgan fingerprint density at radius 2 is 1.60 bits per heavy atom. The van der Waals surface area contributed by atoms with E-state index in [0.29, 0.717) is 11.3 Å². The van der Waals surface area contributed by atoms with Crippen LogP contribution in [0.5, 0.6) is 0 Å². The fraction of sp³-hybridized carbons (Fsp3) is 0.300. The molecule has 0 radical (unpaired) electrons. The molecule has 132 valence electrons. The van der Waals surface area contributed by atoms with Crippen molar-refractivity contribution in [1.29, 1.82) is 0 Å². The molecule has 0 aliphatic carbocycles. The Hall–Kier alpha value is -2.69. The van der Waals surface area contributed by atoms with Gasteiger partial charge in [-0.25, -0.2) is 9.18 Å². The number of halogens is 1. The van der Waals surface area contributed by atoms with Crippen LogP contribution in [0.4, 0.5) is 10.1 Å². The average molecular weight is 343 g/mol. The Bertz CT molecular complexity index is 807. The lowest BCUT2D eigenvalue weighted by Gasteiger charge is -2.17. The van der Waals surface area contributed by atoms with E-state index in [-0.39, 0.29) is 5.56 Å². The number of rotatable bonds is 4. The molecule has 25 heavy (non-hydrogen) atoms. The number of anilines is 1. The summed E-state index contributed by atoms with van der Waals surface area (Å²) in [5.41, 5.74) is 4.20. The minimum atomic E-state index is -1.00. The zero-order chi connectivity index (χ0) is 18.7. The molecule has 1 amide bonds. The van der Waals surface area contributed by atoms with Crippen molar-refractivity contribution < 1.29 is 18.7 Å². The summed E-state index contributed by atoms with van der Waals surface area (Å²) >= 11 is 0. The Morgan fingerprint density at radius 1 is 1.00 bits per heavy atom. The topological polar surface area (TPSA) is 55.4 Å². The van der Waals surface area contributed by atoms with Crippen LogP contribution in [0.2, 0.25) is 0 Å². The van der Waals surface area contributed by atoms with Crippen molar-refractivity contribution in [3.05, 3.63) is 64.0 Å². The van der Waals surface area contributed by atoms with Gasteiger partial charge >= 0.3 is 5.97 Å². The van der Waals surface area contributed by atoms with Crippen molar-refractivity contribution >= 4 is 17.6 Å². The second-order valence-corrected chi connectivity index (χ2v) is 6.27. The monoisotopic (exact) mass is 343 g/mol. The highest BCUT2D eigenvalue weighted by molar-refractivity contribution is 5.98. The summed E-state index contributed by atoms with van der Waals surface area (Å²) < 4.78 is 18.7. The van der Waals surface area contributed by atoms with Crippen LogP contribution in [-0.4, -0.2) is 18.0 Å². The maximum absolute atomic E-state index is 13.6. The molecule has 2 aromatic rings. The minimum absolute atomic E-state index is 0.0745. The van der Waals surface area contributed by atoms with Crippen LogP contribution in [0.25, 0.3) is 0 Å². The summed E-state index contributed by atoms with van der Waals surface area (Å²) in [6.45, 7) is 8.88. The highest BCUT2D eigenvalue weighted by Crippen LogP contribution is 2.22. The van der Waals surface area contributed by atoms with Gasteiger partial charge in [0.05, 0.1) is 5.56 Å². The highest BCUT2D eigenvalue weighted by Gasteiger charge is 2.20. The van der Waals surface area contributed by atoms with Crippen molar-refractivity contribution in [3.8, 4) is 0 Å². The second-order valence-electron chi connectivity index (χ2n) is 6.27. The summed E-state index contributed by atoms with van der Waals surface area (Å²) in [7, 11) is 0. The van der Waals surface area contributed by atoms with Crippen LogP contribution in [0.1, 0.15) is 39.5 Å². The summed E-state index contributed by atoms with van der Waals surface area (Å²) in [4.78, 5) is 24.4. The molecule has 0 saturated carbocycles. The second kappa shape index (κ2) is 7.47. The molecule has 0 bridgehead atoms. The fourth-order valence-corrected chi connectivity index (χ4v) is 2.60. The van der Waals surface area contributed by atoms with Crippen molar-refractivity contribution in [2.75, 3.05) is 5.32 Å². The van der Waals surface area contributed by atoms with Crippen LogP contribution in [0.3, 0.4) is 0 Å². The number of hydrogen-bond acceptors (Lipinski definition) is 3. The molecule has 1 N–H and O–H groups in total. The van der Waals surface area contributed by atoms with E-state index in [1.165, 1.54) is 19.1 Å². The van der Waals surface area contributed by atoms with Crippen LogP contribution in [0, 0.1) is 33.5 Å². The Kier molecular flexibility index (Phi) is 5.57. The number of carbonyl (C=O) groups is 2. The van der Waals surface area contributed by atoms with Crippen molar-refractivity contribution in [2.45, 2.75) is 40.7 Å². The van der Waals surface area contributed by atoms with Gasteiger partial charge in [-0.2, -0.15) is 0 Å². The zero-order valence-electron chi connectivity index (χ0n) is 15.1. The first-order valence-corrected chi connectivity index (χ1v) is 8.05. The third-order valence-corrected chi connectivity index (χ3v) is 3.99. The first-order chi connectivity index (χ1) is 11.7. The molecule has 0 unspecified atom stereocenters. The number of nitrogens with one attached hydrogen (secondary N) is 1. The minimum Gasteiger partial charge on any atom is -0.449 e. The lowest BCUT2D eigenvalue weighted by molar-refractivity contribution is -0.123. The smallest absolute Gasteiger partial charge is 0.339 e. The molecule has 0 spiro atoms. The molecule has 1 atom stereocenters. The van der Waals surface area contributed by atoms with Crippen molar-refractivity contribution in [3.63, 3.8) is 0 Å². The largest absolute Gasteiger partial charge is 0.449 e. The quantitative estimate of drug-likeness (QED) is 0.845. The molecule has 0 saturated heterocycles. The molecule has 0 heterocycles. The number of ether oxygens (including phenoxy) is 1. The van der Waals surface area contributed by atoms with Crippen LogP contribution >= 0.6 is 0 Å². The van der Waals surface area contributed by atoms with Gasteiger partial charge in [0.15, 0.2) is 6.10 Å². The molecule has 5 heteroatoms. The highest BCUT2D eigenvalue weighted by atomic mass is 19.1. The van der Waals surface area contributed by atoms with E-state index in [4.69, 9.17) is 4.74 Å². The normalized spacial score (nSPS) is 11.8. The molecule has 2 aromatic carbocycles. The number of aryl methyl sites for hydroxylation is 4. The molecule has 0 aliphatic heterocycles. The van der Waals surface area contributed by atoms with Gasteiger partial charge in [-0.1, -0.05) is 23.8 Å². The van der Waals surface area contributed by atoms with Gasteiger partial charge in [0, 0.05) is 5.69 Å². The Balaban J connectivity index is 2.07. The summed E-state index contributed by atoms with van der Waals surface area (Å²) in [6.07, 6.45) is -1.00. The van der Waals surface area contributed by atoms with Gasteiger partial charge in [0.25, 0.3) is 5.91 Å². The number of hydrogen-bond donors (Lipinski definition) is 1. The maximum atomic E-state index is 13.6. The molecule has 0 aromatic heterocycles. The lowest BCUT2D eigenvalue weighted by Crippen LogP contribution is -2.30. The third-order valence-electron chi connectivity index (χ3n) is 3.99. The van der Waals surface area contributed by atoms with E-state index in [1.54, 1.807) is 6.92 Å². The van der Waals surface area contributed by atoms with Gasteiger partial charge in [-0.15, -0.1) is 0 Å². The summed E-state index contributed by atoms with van der Waals surface area (Å²) in [5, 5.41) is 2.79. The Morgan fingerprint density at radius 3 is 2.16 bits per heavy atom. The number of amides is 1. The first kappa shape index (κ1) is 18.6. The van der Waals surface area contributed by atoms with Crippen LogP contribution in [-0.2, 0) is 9.53 Å². The number of carbonyl (C=O) groups excluding carboxylic acids is 2. The lowest BCUT2D eigenvalue weighted by atomic mass is 10.0. The van der Waals surface area contributed by atoms with E-state index in [9.17, 15) is 14.0 Å². The summed E-state index contributed by atoms with van der Waals surface area (Å²) in [5.74, 6) is -1.66. The van der Waals surface area contributed by atoms with E-state index < -0.39 is 23.8 Å². The van der Waals surface area contributed by atoms with Crippen LogP contribution < -0.4 is 5.32 Å². The predicted octanol–water partition coefficient (Wildman–Crippen LogP) is 4.24. The summed E-state index contributed by atoms with van der Waals surface area (Å²) in [6, 6.07) is 8.01. The molecule has 0 aliphatic rings. The number of esters is 1. The molecule has 4 nitrogen and oxygen atoms in total. The van der Waals surface area contributed by atoms with Crippen LogP contribution in [0.15, 0.2) is 30.3 Å². The van der Waals surface area contributed by atoms with E-state index in [0.717, 1.165) is 22.8 Å². The van der Waals surface area contributed by atoms with Gasteiger partial charge in [0.2, 0.25) is 0 Å². The molecular formula is C20H22FNO3. The number of benzene rings is 2. The maximum Gasteiger partial charge on any atom is 0.339 e. The van der Waals surface area contributed by atoms with Gasteiger partial charge in [-0.05, 0) is 63.4 Å². The van der Waals surface area contributed by atoms with E-state index >= 15 is 0 Å². The standard InChI is InChI=1S/C20H22FNO3/c1-11-8-13(3)18(14(4)9-11)22-19(23)15(5)25-20(24)16-7-6-12(2)17(21)10-16/h6-10,15H,1-5H3,(H,22,23)/t15-/m1/s1. The fourth-order valence-electron chi connectivity index (χ4n) is 2.60. The van der Waals surface area contributed by atoms with Crippen molar-refractivity contribution in [1.82, 2.24) is 0 Å². The SMILES string of the molecule is Cc1cc(C)c(NC(=O)[C@@H](C)OC(=O)c2ccc(C)c(F)c2)c(C)c1. The molecule has 0 fully saturated rings. The molecule has 2 rings (SSSR count). The van der Waals surface area contributed by atoms with E-state index in [2.05, 4.69) is 5.32 Å². The zero-order valence-corrected chi connectivity index (χ0v) is 15.1. The van der Waals surface area contributed by atoms with Gasteiger partial charge in [-0.3, -0.25) is 4.79 Å². The van der Waals surface area contributed by atoms with Gasteiger partial charge < -0.3 is 10.1 Å². The predicted molar refractivity (Wildman–Crippen MR) is 95.3 cm³/mol.